The van der Waals surface area contributed by atoms with Crippen LogP contribution in [0, 0.1) is 0 Å². The summed E-state index contributed by atoms with van der Waals surface area (Å²) in [5.41, 5.74) is 4.15. The van der Waals surface area contributed by atoms with E-state index in [0.29, 0.717) is 0 Å². The van der Waals surface area contributed by atoms with Gasteiger partial charge in [0.05, 0.1) is 0 Å². The maximum absolute atomic E-state index is 11.9. The zero-order chi connectivity index (χ0) is 23.7. The molecule has 0 atom stereocenters. The van der Waals surface area contributed by atoms with Crippen LogP contribution in [-0.4, -0.2) is 23.1 Å². The smallest absolute Gasteiger partial charge is 0.872 e. The molecule has 3 heteroatoms. The van der Waals surface area contributed by atoms with Crippen molar-refractivity contribution in [3.8, 4) is 11.5 Å². The molecule has 2 aromatic carbocycles. The standard InChI is InChI=1S/2C14H22O.Mg/c2*1-13(2,3)10-8-7-9-11(15)12(10)14(4,5)6;/h2*7-9,15H,1-6H3;/q;;+2/p-2. The van der Waals surface area contributed by atoms with E-state index < -0.39 is 0 Å². The molecule has 2 nitrogen and oxygen atoms in total. The van der Waals surface area contributed by atoms with Crippen LogP contribution in [0.2, 0.25) is 0 Å². The molecule has 0 aliphatic rings. The van der Waals surface area contributed by atoms with Crippen molar-refractivity contribution in [1.82, 2.24) is 0 Å². The van der Waals surface area contributed by atoms with Gasteiger partial charge in [-0.3, -0.25) is 0 Å². The number of hydrogen-bond donors (Lipinski definition) is 0. The Balaban J connectivity index is 0.000000562. The zero-order valence-corrected chi connectivity index (χ0v) is 23.4. The first-order valence-corrected chi connectivity index (χ1v) is 10.9. The van der Waals surface area contributed by atoms with E-state index in [4.69, 9.17) is 0 Å². The molecular weight excluding hydrogens is 393 g/mol. The average molecular weight is 435 g/mol. The Hall–Kier alpha value is -1.19. The Morgan fingerprint density at radius 3 is 0.871 bits per heavy atom. The molecule has 0 unspecified atom stereocenters. The van der Waals surface area contributed by atoms with E-state index in [1.807, 2.05) is 12.1 Å². The van der Waals surface area contributed by atoms with Gasteiger partial charge in [-0.2, -0.15) is 0 Å². The SMILES string of the molecule is CC(C)(C)c1cccc([O-])c1C(C)(C)C.CC(C)(C)c1cccc([O-])c1C(C)(C)C.[Mg+2]. The Kier molecular flexibility index (Phi) is 9.77. The predicted octanol–water partition coefficient (Wildman–Crippen LogP) is 6.33. The molecule has 0 fully saturated rings. The van der Waals surface area contributed by atoms with Gasteiger partial charge in [0, 0.05) is 0 Å². The molecule has 0 radical (unpaired) electrons. The minimum Gasteiger partial charge on any atom is -0.872 e. The van der Waals surface area contributed by atoms with E-state index in [1.54, 1.807) is 12.1 Å². The summed E-state index contributed by atoms with van der Waals surface area (Å²) in [6, 6.07) is 11.2. The molecule has 0 amide bonds. The second-order valence-corrected chi connectivity index (χ2v) is 12.4. The van der Waals surface area contributed by atoms with E-state index in [0.717, 1.165) is 11.1 Å². The molecule has 0 N–H and O–H groups in total. The number of benzene rings is 2. The van der Waals surface area contributed by atoms with E-state index in [2.05, 4.69) is 95.2 Å². The van der Waals surface area contributed by atoms with Gasteiger partial charge < -0.3 is 10.2 Å². The Morgan fingerprint density at radius 1 is 0.452 bits per heavy atom. The van der Waals surface area contributed by atoms with Crippen molar-refractivity contribution in [3.05, 3.63) is 58.7 Å². The molecule has 0 aliphatic heterocycles. The minimum absolute atomic E-state index is 0. The second kappa shape index (κ2) is 10.2. The molecule has 31 heavy (non-hydrogen) atoms. The van der Waals surface area contributed by atoms with Crippen LogP contribution in [0.3, 0.4) is 0 Å². The van der Waals surface area contributed by atoms with Gasteiger partial charge in [-0.25, -0.2) is 0 Å². The molecular formula is C28H42MgO2. The predicted molar refractivity (Wildman–Crippen MR) is 132 cm³/mol. The molecule has 0 aliphatic carbocycles. The van der Waals surface area contributed by atoms with Crippen LogP contribution in [0.5, 0.6) is 11.5 Å². The topological polar surface area (TPSA) is 46.1 Å². The molecule has 0 heterocycles. The van der Waals surface area contributed by atoms with E-state index >= 15 is 0 Å². The first-order valence-electron chi connectivity index (χ1n) is 10.9. The summed E-state index contributed by atoms with van der Waals surface area (Å²) in [6.07, 6.45) is 0. The first kappa shape index (κ1) is 29.8. The van der Waals surface area contributed by atoms with Gasteiger partial charge in [0.15, 0.2) is 0 Å². The van der Waals surface area contributed by atoms with Crippen LogP contribution in [0.4, 0.5) is 0 Å². The second-order valence-electron chi connectivity index (χ2n) is 12.4. The van der Waals surface area contributed by atoms with Crippen LogP contribution in [0.1, 0.15) is 105 Å². The van der Waals surface area contributed by atoms with Crippen molar-refractivity contribution in [3.63, 3.8) is 0 Å². The fraction of sp³-hybridized carbons (Fsp3) is 0.571. The number of hydrogen-bond acceptors (Lipinski definition) is 2. The van der Waals surface area contributed by atoms with Crippen LogP contribution in [-0.2, 0) is 21.7 Å². The molecule has 168 valence electrons. The Morgan fingerprint density at radius 2 is 0.710 bits per heavy atom. The van der Waals surface area contributed by atoms with Gasteiger partial charge in [0.2, 0.25) is 0 Å². The summed E-state index contributed by atoms with van der Waals surface area (Å²) in [4.78, 5) is 0. The Bertz CT molecular complexity index is 781. The van der Waals surface area contributed by atoms with Crippen molar-refractivity contribution in [2.45, 2.75) is 105 Å². The maximum atomic E-state index is 11.9. The third kappa shape index (κ3) is 8.02. The van der Waals surface area contributed by atoms with Crippen molar-refractivity contribution >= 4 is 23.1 Å². The summed E-state index contributed by atoms with van der Waals surface area (Å²) in [7, 11) is 0. The quantitative estimate of drug-likeness (QED) is 0.455. The number of rotatable bonds is 0. The fourth-order valence-corrected chi connectivity index (χ4v) is 3.86. The van der Waals surface area contributed by atoms with E-state index in [-0.39, 0.29) is 56.2 Å². The van der Waals surface area contributed by atoms with Crippen LogP contribution < -0.4 is 10.2 Å². The van der Waals surface area contributed by atoms with Crippen molar-refractivity contribution in [2.75, 3.05) is 0 Å². The first-order chi connectivity index (χ1) is 13.3. The monoisotopic (exact) mass is 434 g/mol. The molecule has 0 aromatic heterocycles. The van der Waals surface area contributed by atoms with Gasteiger partial charge in [-0.05, 0) is 43.9 Å². The van der Waals surface area contributed by atoms with Crippen molar-refractivity contribution in [2.24, 2.45) is 0 Å². The molecule has 2 aromatic rings. The van der Waals surface area contributed by atoms with Crippen molar-refractivity contribution < 1.29 is 10.2 Å². The van der Waals surface area contributed by atoms with Gasteiger partial charge >= 0.3 is 23.1 Å². The Labute approximate surface area is 207 Å². The molecule has 0 bridgehead atoms. The summed E-state index contributed by atoms with van der Waals surface area (Å²) >= 11 is 0. The normalized spacial score (nSPS) is 12.5. The van der Waals surface area contributed by atoms with Gasteiger partial charge in [0.1, 0.15) is 0 Å². The van der Waals surface area contributed by atoms with Crippen LogP contribution in [0.25, 0.3) is 0 Å². The van der Waals surface area contributed by atoms with E-state index in [9.17, 15) is 10.2 Å². The molecule has 0 saturated heterocycles. The third-order valence-electron chi connectivity index (χ3n) is 5.17. The summed E-state index contributed by atoms with van der Waals surface area (Å²) in [5.74, 6) is 0.324. The third-order valence-corrected chi connectivity index (χ3v) is 5.17. The summed E-state index contributed by atoms with van der Waals surface area (Å²) in [6.45, 7) is 25.5. The summed E-state index contributed by atoms with van der Waals surface area (Å²) < 4.78 is 0. The maximum Gasteiger partial charge on any atom is 2.00 e. The average Bonchev–Trinajstić information content (AvgIpc) is 2.51. The van der Waals surface area contributed by atoms with Crippen molar-refractivity contribution in [1.29, 1.82) is 0 Å². The largest absolute Gasteiger partial charge is 2.00 e. The van der Waals surface area contributed by atoms with Gasteiger partial charge in [0.25, 0.3) is 0 Å². The minimum atomic E-state index is -0.0824. The van der Waals surface area contributed by atoms with E-state index in [1.165, 1.54) is 11.1 Å². The van der Waals surface area contributed by atoms with Crippen LogP contribution in [0.15, 0.2) is 36.4 Å². The zero-order valence-electron chi connectivity index (χ0n) is 22.0. The van der Waals surface area contributed by atoms with Gasteiger partial charge in [-0.1, -0.05) is 119 Å². The molecule has 2 rings (SSSR count). The fourth-order valence-electron chi connectivity index (χ4n) is 3.86. The van der Waals surface area contributed by atoms with Gasteiger partial charge in [-0.15, -0.1) is 11.5 Å². The summed E-state index contributed by atoms with van der Waals surface area (Å²) in [5, 5.41) is 23.9. The molecule has 0 spiro atoms. The molecule has 0 saturated carbocycles. The van der Waals surface area contributed by atoms with Crippen LogP contribution >= 0.6 is 0 Å².